The van der Waals surface area contributed by atoms with Gasteiger partial charge in [-0.15, -0.1) is 5.10 Å². The Morgan fingerprint density at radius 3 is 2.49 bits per heavy atom. The van der Waals surface area contributed by atoms with E-state index in [4.69, 9.17) is 8.60 Å². The first-order chi connectivity index (χ1) is 17.7. The van der Waals surface area contributed by atoms with Crippen LogP contribution in [0.1, 0.15) is 27.4 Å². The van der Waals surface area contributed by atoms with Gasteiger partial charge in [-0.05, 0) is 68.4 Å². The summed E-state index contributed by atoms with van der Waals surface area (Å²) in [5, 5.41) is 8.35. The van der Waals surface area contributed by atoms with E-state index in [1.165, 1.54) is 35.0 Å². The first-order valence-corrected chi connectivity index (χ1v) is 13.4. The molecule has 5 aromatic rings. The molecule has 0 saturated carbocycles. The first-order valence-electron chi connectivity index (χ1n) is 11.2. The number of Topliss-reactive ketones (excluding diaryl/α,β-unsaturated/α-hetero) is 1. The minimum Gasteiger partial charge on any atom is -0.462 e. The lowest BCUT2D eigenvalue weighted by molar-refractivity contribution is 0.104. The predicted molar refractivity (Wildman–Crippen MR) is 143 cm³/mol. The van der Waals surface area contributed by atoms with Gasteiger partial charge < -0.3 is 8.60 Å². The van der Waals surface area contributed by atoms with Gasteiger partial charge in [0.15, 0.2) is 5.75 Å². The van der Waals surface area contributed by atoms with Crippen molar-refractivity contribution in [2.75, 3.05) is 0 Å². The first kappa shape index (κ1) is 24.7. The zero-order valence-corrected chi connectivity index (χ0v) is 22.2. The number of aromatic nitrogens is 3. The summed E-state index contributed by atoms with van der Waals surface area (Å²) in [7, 11) is -4.21. The number of rotatable bonds is 7. The number of furan rings is 1. The molecule has 8 nitrogen and oxygen atoms in total. The Balaban J connectivity index is 1.63. The number of hydrogen-bond donors (Lipinski definition) is 0. The van der Waals surface area contributed by atoms with Gasteiger partial charge in [-0.1, -0.05) is 51.0 Å². The summed E-state index contributed by atoms with van der Waals surface area (Å²) in [4.78, 5) is 14.0. The lowest BCUT2D eigenvalue weighted by Crippen LogP contribution is -2.15. The Morgan fingerprint density at radius 2 is 1.76 bits per heavy atom. The van der Waals surface area contributed by atoms with Gasteiger partial charge in [0.1, 0.15) is 27.6 Å². The fourth-order valence-electron chi connectivity index (χ4n) is 3.70. The van der Waals surface area contributed by atoms with Crippen LogP contribution >= 0.6 is 15.9 Å². The molecule has 0 amide bonds. The van der Waals surface area contributed by atoms with Gasteiger partial charge in [0, 0.05) is 10.5 Å². The van der Waals surface area contributed by atoms with Crippen molar-refractivity contribution in [1.82, 2.24) is 15.0 Å². The maximum atomic E-state index is 14.0. The van der Waals surface area contributed by atoms with Gasteiger partial charge >= 0.3 is 10.1 Å². The number of ketones is 1. The van der Waals surface area contributed by atoms with Gasteiger partial charge in [0.25, 0.3) is 0 Å². The highest BCUT2D eigenvalue weighted by Gasteiger charge is 2.26. The third-order valence-electron chi connectivity index (χ3n) is 5.55. The summed E-state index contributed by atoms with van der Waals surface area (Å²) in [5.74, 6) is 0.419. The van der Waals surface area contributed by atoms with Gasteiger partial charge in [0.2, 0.25) is 5.78 Å². The smallest absolute Gasteiger partial charge is 0.339 e. The zero-order valence-electron chi connectivity index (χ0n) is 19.8. The van der Waals surface area contributed by atoms with E-state index in [0.29, 0.717) is 27.0 Å². The van der Waals surface area contributed by atoms with E-state index < -0.39 is 15.9 Å². The molecule has 0 aliphatic carbocycles. The van der Waals surface area contributed by atoms with Crippen molar-refractivity contribution in [2.24, 2.45) is 0 Å². The Labute approximate surface area is 221 Å². The number of nitrogens with zero attached hydrogens (tertiary/aromatic N) is 3. The van der Waals surface area contributed by atoms with E-state index in [1.807, 2.05) is 19.1 Å². The van der Waals surface area contributed by atoms with Gasteiger partial charge in [-0.3, -0.25) is 4.79 Å². The van der Waals surface area contributed by atoms with Crippen LogP contribution in [-0.4, -0.2) is 29.2 Å². The number of halogens is 1. The van der Waals surface area contributed by atoms with Crippen molar-refractivity contribution in [3.8, 4) is 5.75 Å². The maximum Gasteiger partial charge on any atom is 0.339 e. The normalized spacial score (nSPS) is 12.1. The lowest BCUT2D eigenvalue weighted by atomic mass is 10.1. The largest absolute Gasteiger partial charge is 0.462 e. The number of allylic oxidation sites excluding steroid dienone is 1. The molecule has 2 heterocycles. The minimum absolute atomic E-state index is 0.0131. The van der Waals surface area contributed by atoms with E-state index in [2.05, 4.69) is 26.2 Å². The summed E-state index contributed by atoms with van der Waals surface area (Å²) < 4.78 is 39.2. The molecular formula is C27H20BrN3O5S. The lowest BCUT2D eigenvalue weighted by Gasteiger charge is -2.13. The number of aryl methyl sites for hydroxylation is 2. The summed E-state index contributed by atoms with van der Waals surface area (Å²) >= 11 is 3.38. The molecule has 3 aromatic carbocycles. The predicted octanol–water partition coefficient (Wildman–Crippen LogP) is 6.05. The van der Waals surface area contributed by atoms with Crippen LogP contribution in [0.5, 0.6) is 5.75 Å². The van der Waals surface area contributed by atoms with Crippen LogP contribution in [0.4, 0.5) is 0 Å². The molecule has 2 aromatic heterocycles. The standard InChI is InChI=1S/C27H20BrN3O5S/c1-17-7-12-21(13-8-17)37(33,34)36-26-14-10-19(28)15-22(26)27(32)25(16-20-11-9-18(2)35-20)31-24-6-4-3-5-23(24)29-30-31/h3-16H,1-2H3. The van der Waals surface area contributed by atoms with Gasteiger partial charge in [-0.2, -0.15) is 8.42 Å². The van der Waals surface area contributed by atoms with E-state index in [1.54, 1.807) is 49.4 Å². The van der Waals surface area contributed by atoms with Crippen LogP contribution in [0.3, 0.4) is 0 Å². The van der Waals surface area contributed by atoms with E-state index in [9.17, 15) is 13.2 Å². The molecule has 0 saturated heterocycles. The van der Waals surface area contributed by atoms with Crippen LogP contribution in [0, 0.1) is 13.8 Å². The quantitative estimate of drug-likeness (QED) is 0.132. The monoisotopic (exact) mass is 577 g/mol. The fraction of sp³-hybridized carbons (Fsp3) is 0.0741. The highest BCUT2D eigenvalue weighted by Crippen LogP contribution is 2.31. The molecule has 5 rings (SSSR count). The molecular weight excluding hydrogens is 558 g/mol. The van der Waals surface area contributed by atoms with Crippen molar-refractivity contribution < 1.29 is 21.8 Å². The van der Waals surface area contributed by atoms with Crippen LogP contribution in [0.25, 0.3) is 22.8 Å². The zero-order chi connectivity index (χ0) is 26.2. The third kappa shape index (κ3) is 5.11. The summed E-state index contributed by atoms with van der Waals surface area (Å²) in [5.41, 5.74) is 2.19. The molecule has 0 bridgehead atoms. The Kier molecular flexibility index (Phi) is 6.53. The molecule has 37 heavy (non-hydrogen) atoms. The van der Waals surface area contributed by atoms with Crippen molar-refractivity contribution in [2.45, 2.75) is 18.7 Å². The Morgan fingerprint density at radius 1 is 1.00 bits per heavy atom. The van der Waals surface area contributed by atoms with Gasteiger partial charge in [0.05, 0.1) is 11.1 Å². The number of benzene rings is 3. The van der Waals surface area contributed by atoms with E-state index in [-0.39, 0.29) is 21.9 Å². The third-order valence-corrected chi connectivity index (χ3v) is 7.29. The maximum absolute atomic E-state index is 14.0. The van der Waals surface area contributed by atoms with Gasteiger partial charge in [-0.25, -0.2) is 4.68 Å². The highest BCUT2D eigenvalue weighted by atomic mass is 79.9. The highest BCUT2D eigenvalue weighted by molar-refractivity contribution is 9.10. The fourth-order valence-corrected chi connectivity index (χ4v) is 5.01. The number of carbonyl (C=O) groups excluding carboxylic acids is 1. The second-order valence-corrected chi connectivity index (χ2v) is 10.8. The summed E-state index contributed by atoms with van der Waals surface area (Å²) in [6.07, 6.45) is 1.54. The summed E-state index contributed by atoms with van der Waals surface area (Å²) in [6.45, 7) is 3.64. The van der Waals surface area contributed by atoms with Crippen LogP contribution in [0.15, 0.2) is 92.6 Å². The topological polar surface area (TPSA) is 104 Å². The summed E-state index contributed by atoms with van der Waals surface area (Å²) in [6, 6.07) is 21.5. The second kappa shape index (κ2) is 9.79. The minimum atomic E-state index is -4.21. The second-order valence-electron chi connectivity index (χ2n) is 8.29. The van der Waals surface area contributed by atoms with Crippen LogP contribution in [-0.2, 0) is 10.1 Å². The van der Waals surface area contributed by atoms with E-state index >= 15 is 0 Å². The average molecular weight is 578 g/mol. The molecule has 0 N–H and O–H groups in total. The molecule has 0 aliphatic rings. The number of hydrogen-bond acceptors (Lipinski definition) is 7. The van der Waals surface area contributed by atoms with Crippen molar-refractivity contribution in [3.05, 3.63) is 106 Å². The number of para-hydroxylation sites is 1. The average Bonchev–Trinajstić information content (AvgIpc) is 3.49. The molecule has 0 radical (unpaired) electrons. The molecule has 0 fully saturated rings. The Bertz CT molecular complexity index is 1770. The molecule has 0 atom stereocenters. The van der Waals surface area contributed by atoms with Crippen LogP contribution < -0.4 is 4.18 Å². The number of fused-ring (bicyclic) bond motifs is 1. The van der Waals surface area contributed by atoms with Crippen molar-refractivity contribution in [1.29, 1.82) is 0 Å². The molecule has 10 heteroatoms. The molecule has 0 unspecified atom stereocenters. The molecule has 0 spiro atoms. The van der Waals surface area contributed by atoms with E-state index in [0.717, 1.165) is 5.56 Å². The Hall–Kier alpha value is -4.02. The van der Waals surface area contributed by atoms with Crippen molar-refractivity contribution in [3.63, 3.8) is 0 Å². The molecule has 186 valence electrons. The molecule has 0 aliphatic heterocycles. The number of carbonyl (C=O) groups is 1. The van der Waals surface area contributed by atoms with Crippen molar-refractivity contribution >= 4 is 54.6 Å². The van der Waals surface area contributed by atoms with Crippen LogP contribution in [0.2, 0.25) is 0 Å². The SMILES string of the molecule is Cc1ccc(S(=O)(=O)Oc2ccc(Br)cc2C(=O)C(=Cc2ccc(C)o2)n2nnc3ccccc32)cc1.